The summed E-state index contributed by atoms with van der Waals surface area (Å²) in [6.45, 7) is 5.88. The van der Waals surface area contributed by atoms with Gasteiger partial charge in [-0.05, 0) is 13.3 Å². The first-order valence-corrected chi connectivity index (χ1v) is 4.28. The Labute approximate surface area is 67.8 Å². The van der Waals surface area contributed by atoms with Crippen molar-refractivity contribution in [3.63, 3.8) is 0 Å². The maximum atomic E-state index is 11.3. The molecule has 0 aromatic carbocycles. The molecule has 1 unspecified atom stereocenters. The molecule has 1 fully saturated rings. The predicted octanol–water partition coefficient (Wildman–Crippen LogP) is 0.564. The van der Waals surface area contributed by atoms with Crippen LogP contribution in [0.4, 0.5) is 0 Å². The molecule has 3 nitrogen and oxygen atoms in total. The molecule has 0 saturated carbocycles. The zero-order valence-electron chi connectivity index (χ0n) is 7.26. The third kappa shape index (κ3) is 1.93. The predicted molar refractivity (Wildman–Crippen MR) is 44.1 cm³/mol. The Kier molecular flexibility index (Phi) is 2.88. The quantitative estimate of drug-likeness (QED) is 0.633. The van der Waals surface area contributed by atoms with E-state index in [1.165, 1.54) is 0 Å². The van der Waals surface area contributed by atoms with Gasteiger partial charge in [-0.25, -0.2) is 0 Å². The van der Waals surface area contributed by atoms with Crippen molar-refractivity contribution in [2.24, 2.45) is 0 Å². The molecule has 0 aliphatic carbocycles. The minimum absolute atomic E-state index is 0.244. The average molecular weight is 156 g/mol. The second-order valence-corrected chi connectivity index (χ2v) is 2.97. The molecular formula is C8H16N2O. The summed E-state index contributed by atoms with van der Waals surface area (Å²) in [6.07, 6.45) is 1.88. The van der Waals surface area contributed by atoms with Crippen LogP contribution in [0.1, 0.15) is 26.7 Å². The molecule has 1 rings (SSSR count). The van der Waals surface area contributed by atoms with Gasteiger partial charge in [0.05, 0.1) is 6.17 Å². The maximum Gasteiger partial charge on any atom is 0.223 e. The second-order valence-electron chi connectivity index (χ2n) is 2.97. The van der Waals surface area contributed by atoms with Gasteiger partial charge in [0.2, 0.25) is 5.91 Å². The molecule has 0 radical (unpaired) electrons. The van der Waals surface area contributed by atoms with E-state index in [2.05, 4.69) is 5.32 Å². The summed E-state index contributed by atoms with van der Waals surface area (Å²) in [5, 5.41) is 3.21. The Morgan fingerprint density at radius 1 is 1.73 bits per heavy atom. The molecule has 3 heteroatoms. The van der Waals surface area contributed by atoms with Gasteiger partial charge in [0.1, 0.15) is 0 Å². The summed E-state index contributed by atoms with van der Waals surface area (Å²) < 4.78 is 0. The van der Waals surface area contributed by atoms with Crippen molar-refractivity contribution in [1.82, 2.24) is 10.2 Å². The van der Waals surface area contributed by atoms with Crippen LogP contribution in [-0.4, -0.2) is 30.1 Å². The van der Waals surface area contributed by atoms with Gasteiger partial charge in [-0.15, -0.1) is 0 Å². The van der Waals surface area contributed by atoms with Crippen LogP contribution in [0, 0.1) is 0 Å². The molecule has 1 atom stereocenters. The van der Waals surface area contributed by atoms with Crippen LogP contribution < -0.4 is 5.32 Å². The zero-order chi connectivity index (χ0) is 8.27. The van der Waals surface area contributed by atoms with Gasteiger partial charge in [-0.2, -0.15) is 0 Å². The zero-order valence-corrected chi connectivity index (χ0v) is 7.26. The standard InChI is InChI=1S/C8H16N2O/c1-3-4-8(11)10-6-5-9-7(10)2/h7,9H,3-6H2,1-2H3. The number of carbonyl (C=O) groups is 1. The minimum Gasteiger partial charge on any atom is -0.326 e. The lowest BCUT2D eigenvalue weighted by Crippen LogP contribution is -2.37. The molecule has 1 heterocycles. The number of hydrogen-bond acceptors (Lipinski definition) is 2. The van der Waals surface area contributed by atoms with E-state index in [-0.39, 0.29) is 12.1 Å². The highest BCUT2D eigenvalue weighted by Crippen LogP contribution is 2.05. The van der Waals surface area contributed by atoms with E-state index < -0.39 is 0 Å². The number of hydrogen-bond donors (Lipinski definition) is 1. The highest BCUT2D eigenvalue weighted by atomic mass is 16.2. The smallest absolute Gasteiger partial charge is 0.223 e. The summed E-state index contributed by atoms with van der Waals surface area (Å²) in [5.41, 5.74) is 0. The molecule has 0 aromatic rings. The molecule has 1 aliphatic heterocycles. The highest BCUT2D eigenvalue weighted by Gasteiger charge is 2.22. The Balaban J connectivity index is 2.39. The maximum absolute atomic E-state index is 11.3. The van der Waals surface area contributed by atoms with E-state index in [0.29, 0.717) is 6.42 Å². The van der Waals surface area contributed by atoms with E-state index in [4.69, 9.17) is 0 Å². The fraction of sp³-hybridized carbons (Fsp3) is 0.875. The normalized spacial score (nSPS) is 24.2. The van der Waals surface area contributed by atoms with Crippen molar-refractivity contribution in [2.45, 2.75) is 32.9 Å². The number of carbonyl (C=O) groups excluding carboxylic acids is 1. The molecule has 0 bridgehead atoms. The fourth-order valence-electron chi connectivity index (χ4n) is 1.40. The summed E-state index contributed by atoms with van der Waals surface area (Å²) in [4.78, 5) is 13.2. The summed E-state index contributed by atoms with van der Waals surface area (Å²) in [6, 6.07) is 0. The fourth-order valence-corrected chi connectivity index (χ4v) is 1.40. The van der Waals surface area contributed by atoms with Gasteiger partial charge in [-0.1, -0.05) is 6.92 Å². The van der Waals surface area contributed by atoms with Gasteiger partial charge in [0.25, 0.3) is 0 Å². The number of nitrogens with one attached hydrogen (secondary N) is 1. The van der Waals surface area contributed by atoms with Crippen LogP contribution in [0.25, 0.3) is 0 Å². The number of nitrogens with zero attached hydrogens (tertiary/aromatic N) is 1. The first-order valence-electron chi connectivity index (χ1n) is 4.28. The Hall–Kier alpha value is -0.570. The van der Waals surface area contributed by atoms with Crippen LogP contribution in [0.2, 0.25) is 0 Å². The molecule has 1 amide bonds. The first kappa shape index (κ1) is 8.53. The van der Waals surface area contributed by atoms with E-state index >= 15 is 0 Å². The molecule has 1 N–H and O–H groups in total. The van der Waals surface area contributed by atoms with Gasteiger partial charge < -0.3 is 4.90 Å². The molecular weight excluding hydrogens is 140 g/mol. The second kappa shape index (κ2) is 3.72. The van der Waals surface area contributed by atoms with Crippen LogP contribution >= 0.6 is 0 Å². The minimum atomic E-state index is 0.244. The number of amides is 1. The average Bonchev–Trinajstić information content (AvgIpc) is 2.36. The van der Waals surface area contributed by atoms with Crippen molar-refractivity contribution in [2.75, 3.05) is 13.1 Å². The topological polar surface area (TPSA) is 32.3 Å². The van der Waals surface area contributed by atoms with Gasteiger partial charge in [0, 0.05) is 19.5 Å². The Morgan fingerprint density at radius 2 is 2.45 bits per heavy atom. The van der Waals surface area contributed by atoms with Gasteiger partial charge in [-0.3, -0.25) is 10.1 Å². The Morgan fingerprint density at radius 3 is 2.91 bits per heavy atom. The van der Waals surface area contributed by atoms with Gasteiger partial charge >= 0.3 is 0 Å². The monoisotopic (exact) mass is 156 g/mol. The lowest BCUT2D eigenvalue weighted by molar-refractivity contribution is -0.131. The van der Waals surface area contributed by atoms with Gasteiger partial charge in [0.15, 0.2) is 0 Å². The molecule has 1 saturated heterocycles. The molecule has 0 aromatic heterocycles. The van der Waals surface area contributed by atoms with Crippen molar-refractivity contribution < 1.29 is 4.79 Å². The summed E-state index contributed by atoms with van der Waals surface area (Å²) in [5.74, 6) is 0.282. The van der Waals surface area contributed by atoms with Crippen molar-refractivity contribution >= 4 is 5.91 Å². The van der Waals surface area contributed by atoms with E-state index in [0.717, 1.165) is 19.5 Å². The molecule has 11 heavy (non-hydrogen) atoms. The first-order chi connectivity index (χ1) is 5.25. The summed E-state index contributed by atoms with van der Waals surface area (Å²) in [7, 11) is 0. The van der Waals surface area contributed by atoms with Crippen LogP contribution in [0.3, 0.4) is 0 Å². The summed E-state index contributed by atoms with van der Waals surface area (Å²) >= 11 is 0. The van der Waals surface area contributed by atoms with Crippen molar-refractivity contribution in [3.8, 4) is 0 Å². The third-order valence-electron chi connectivity index (χ3n) is 2.04. The van der Waals surface area contributed by atoms with E-state index in [1.807, 2.05) is 18.7 Å². The largest absolute Gasteiger partial charge is 0.326 e. The van der Waals surface area contributed by atoms with E-state index in [9.17, 15) is 4.79 Å². The van der Waals surface area contributed by atoms with E-state index in [1.54, 1.807) is 0 Å². The van der Waals surface area contributed by atoms with Crippen molar-refractivity contribution in [1.29, 1.82) is 0 Å². The van der Waals surface area contributed by atoms with Crippen LogP contribution in [0.15, 0.2) is 0 Å². The molecule has 0 spiro atoms. The molecule has 1 aliphatic rings. The van der Waals surface area contributed by atoms with Crippen molar-refractivity contribution in [3.05, 3.63) is 0 Å². The number of rotatable bonds is 2. The Bertz CT molecular complexity index is 147. The SMILES string of the molecule is CCCC(=O)N1CCNC1C. The highest BCUT2D eigenvalue weighted by molar-refractivity contribution is 5.76. The van der Waals surface area contributed by atoms with Crippen LogP contribution in [-0.2, 0) is 4.79 Å². The molecule has 64 valence electrons. The third-order valence-corrected chi connectivity index (χ3v) is 2.04. The van der Waals surface area contributed by atoms with Crippen LogP contribution in [0.5, 0.6) is 0 Å². The lowest BCUT2D eigenvalue weighted by Gasteiger charge is -2.20. The lowest BCUT2D eigenvalue weighted by atomic mass is 10.3.